The van der Waals surface area contributed by atoms with Crippen LogP contribution in [0.4, 0.5) is 8.78 Å². The molecule has 134 valence electrons. The van der Waals surface area contributed by atoms with E-state index in [0.717, 1.165) is 12.0 Å². The largest absolute Gasteiger partial charge is 0.435 e. The molecule has 0 aliphatic carbocycles. The van der Waals surface area contributed by atoms with Crippen molar-refractivity contribution in [2.24, 2.45) is 5.92 Å². The normalized spacial score (nSPS) is 12.3. The quantitative estimate of drug-likeness (QED) is 0.767. The Kier molecular flexibility index (Phi) is 6.51. The van der Waals surface area contributed by atoms with Crippen LogP contribution >= 0.6 is 0 Å². The number of alkyl halides is 2. The Bertz CT molecular complexity index is 682. The lowest BCUT2D eigenvalue weighted by atomic mass is 9.94. The smallest absolute Gasteiger partial charge is 0.387 e. The fraction of sp³-hybridized carbons (Fsp3) is 0.350. The molecule has 5 heteroatoms. The van der Waals surface area contributed by atoms with E-state index in [4.69, 9.17) is 0 Å². The second-order valence-electron chi connectivity index (χ2n) is 6.19. The standard InChI is InChI=1S/C20H23F2NO2/c1-4-14-5-7-15(8-6-14)18(13(2)3)23-19(24)16-9-11-17(12-10-16)25-20(21)22/h5-13,18,20H,4H2,1-3H3,(H,23,24)/t18-/m0/s1. The topological polar surface area (TPSA) is 38.3 Å². The zero-order chi connectivity index (χ0) is 18.4. The van der Waals surface area contributed by atoms with Gasteiger partial charge in [0, 0.05) is 5.56 Å². The van der Waals surface area contributed by atoms with Gasteiger partial charge in [-0.1, -0.05) is 45.0 Å². The van der Waals surface area contributed by atoms with Crippen molar-refractivity contribution >= 4 is 5.91 Å². The van der Waals surface area contributed by atoms with Gasteiger partial charge in [0.1, 0.15) is 5.75 Å². The number of carbonyl (C=O) groups excluding carboxylic acids is 1. The minimum Gasteiger partial charge on any atom is -0.435 e. The Morgan fingerprint density at radius 3 is 2.12 bits per heavy atom. The number of ether oxygens (including phenoxy) is 1. The summed E-state index contributed by atoms with van der Waals surface area (Å²) < 4.78 is 28.7. The highest BCUT2D eigenvalue weighted by Gasteiger charge is 2.19. The van der Waals surface area contributed by atoms with Gasteiger partial charge in [-0.3, -0.25) is 4.79 Å². The molecule has 0 unspecified atom stereocenters. The molecule has 0 bridgehead atoms. The minimum absolute atomic E-state index is 0.0297. The third-order valence-corrected chi connectivity index (χ3v) is 4.04. The highest BCUT2D eigenvalue weighted by molar-refractivity contribution is 5.94. The van der Waals surface area contributed by atoms with Crippen LogP contribution in [0.1, 0.15) is 48.3 Å². The Morgan fingerprint density at radius 2 is 1.64 bits per heavy atom. The number of hydrogen-bond acceptors (Lipinski definition) is 2. The first-order valence-electron chi connectivity index (χ1n) is 8.35. The molecule has 0 aliphatic rings. The van der Waals surface area contributed by atoms with Gasteiger partial charge in [-0.25, -0.2) is 0 Å². The molecule has 2 aromatic carbocycles. The molecule has 25 heavy (non-hydrogen) atoms. The molecular formula is C20H23F2NO2. The Hall–Kier alpha value is -2.43. The summed E-state index contributed by atoms with van der Waals surface area (Å²) in [5.74, 6) is -0.0122. The van der Waals surface area contributed by atoms with Gasteiger partial charge in [0.15, 0.2) is 0 Å². The number of amides is 1. The van der Waals surface area contributed by atoms with Crippen LogP contribution in [-0.2, 0) is 6.42 Å². The van der Waals surface area contributed by atoms with Gasteiger partial charge in [-0.2, -0.15) is 8.78 Å². The van der Waals surface area contributed by atoms with Gasteiger partial charge >= 0.3 is 6.61 Å². The van der Waals surface area contributed by atoms with Crippen molar-refractivity contribution in [3.8, 4) is 5.75 Å². The van der Waals surface area contributed by atoms with Crippen molar-refractivity contribution in [3.63, 3.8) is 0 Å². The van der Waals surface area contributed by atoms with Crippen LogP contribution in [0.2, 0.25) is 0 Å². The van der Waals surface area contributed by atoms with E-state index in [1.807, 2.05) is 26.0 Å². The molecule has 0 radical (unpaired) electrons. The summed E-state index contributed by atoms with van der Waals surface area (Å²) in [7, 11) is 0. The van der Waals surface area contributed by atoms with Gasteiger partial charge in [-0.05, 0) is 47.7 Å². The predicted octanol–water partition coefficient (Wildman–Crippen LogP) is 4.98. The van der Waals surface area contributed by atoms with Crippen molar-refractivity contribution in [1.82, 2.24) is 5.32 Å². The molecule has 1 N–H and O–H groups in total. The van der Waals surface area contributed by atoms with Crippen LogP contribution in [0, 0.1) is 5.92 Å². The lowest BCUT2D eigenvalue weighted by Crippen LogP contribution is -2.31. The van der Waals surface area contributed by atoms with Gasteiger partial charge in [0.05, 0.1) is 6.04 Å². The zero-order valence-electron chi connectivity index (χ0n) is 14.6. The maximum Gasteiger partial charge on any atom is 0.387 e. The predicted molar refractivity (Wildman–Crippen MR) is 93.9 cm³/mol. The van der Waals surface area contributed by atoms with E-state index in [2.05, 4.69) is 29.1 Å². The van der Waals surface area contributed by atoms with Gasteiger partial charge < -0.3 is 10.1 Å². The number of hydrogen-bond donors (Lipinski definition) is 1. The van der Waals surface area contributed by atoms with Gasteiger partial charge in [0.2, 0.25) is 0 Å². The molecule has 2 aromatic rings. The number of aryl methyl sites for hydroxylation is 1. The van der Waals surface area contributed by atoms with Crippen molar-refractivity contribution in [1.29, 1.82) is 0 Å². The molecule has 1 amide bonds. The second kappa shape index (κ2) is 8.60. The first kappa shape index (κ1) is 18.9. The number of benzene rings is 2. The Balaban J connectivity index is 2.11. The fourth-order valence-corrected chi connectivity index (χ4v) is 2.61. The molecule has 0 aliphatic heterocycles. The minimum atomic E-state index is -2.88. The zero-order valence-corrected chi connectivity index (χ0v) is 14.6. The molecule has 3 nitrogen and oxygen atoms in total. The third kappa shape index (κ3) is 5.28. The first-order chi connectivity index (χ1) is 11.9. The number of halogens is 2. The van der Waals surface area contributed by atoms with Crippen LogP contribution in [0.25, 0.3) is 0 Å². The van der Waals surface area contributed by atoms with Crippen LogP contribution in [0.3, 0.4) is 0 Å². The highest BCUT2D eigenvalue weighted by atomic mass is 19.3. The first-order valence-corrected chi connectivity index (χ1v) is 8.35. The summed E-state index contributed by atoms with van der Waals surface area (Å²) in [5, 5.41) is 3.02. The van der Waals surface area contributed by atoms with Crippen molar-refractivity contribution in [2.45, 2.75) is 39.8 Å². The molecule has 0 saturated heterocycles. The number of carbonyl (C=O) groups is 1. The fourth-order valence-electron chi connectivity index (χ4n) is 2.61. The SMILES string of the molecule is CCc1ccc([C@@H](NC(=O)c2ccc(OC(F)F)cc2)C(C)C)cc1. The van der Waals surface area contributed by atoms with E-state index in [1.165, 1.54) is 29.8 Å². The Labute approximate surface area is 147 Å². The summed E-state index contributed by atoms with van der Waals surface area (Å²) in [6.07, 6.45) is 0.964. The van der Waals surface area contributed by atoms with E-state index in [0.29, 0.717) is 5.56 Å². The maximum atomic E-state index is 12.5. The van der Waals surface area contributed by atoms with Gasteiger partial charge in [0.25, 0.3) is 5.91 Å². The van der Waals surface area contributed by atoms with Crippen LogP contribution in [0.5, 0.6) is 5.75 Å². The maximum absolute atomic E-state index is 12.5. The highest BCUT2D eigenvalue weighted by Crippen LogP contribution is 2.23. The summed E-state index contributed by atoms with van der Waals surface area (Å²) in [6.45, 7) is 3.30. The van der Waals surface area contributed by atoms with E-state index < -0.39 is 6.61 Å². The average molecular weight is 347 g/mol. The molecule has 0 fully saturated rings. The lowest BCUT2D eigenvalue weighted by Gasteiger charge is -2.23. The number of nitrogens with one attached hydrogen (secondary N) is 1. The van der Waals surface area contributed by atoms with Crippen LogP contribution in [-0.4, -0.2) is 12.5 Å². The van der Waals surface area contributed by atoms with E-state index in [-0.39, 0.29) is 23.6 Å². The van der Waals surface area contributed by atoms with E-state index >= 15 is 0 Å². The summed E-state index contributed by atoms with van der Waals surface area (Å²) >= 11 is 0. The monoisotopic (exact) mass is 347 g/mol. The molecule has 1 atom stereocenters. The summed E-state index contributed by atoms with van der Waals surface area (Å²) in [6, 6.07) is 13.7. The number of rotatable bonds is 7. The van der Waals surface area contributed by atoms with Crippen LogP contribution < -0.4 is 10.1 Å². The van der Waals surface area contributed by atoms with Crippen molar-refractivity contribution in [3.05, 3.63) is 65.2 Å². The van der Waals surface area contributed by atoms with Gasteiger partial charge in [-0.15, -0.1) is 0 Å². The summed E-state index contributed by atoms with van der Waals surface area (Å²) in [4.78, 5) is 12.5. The molecular weight excluding hydrogens is 324 g/mol. The molecule has 0 heterocycles. The lowest BCUT2D eigenvalue weighted by molar-refractivity contribution is -0.0498. The molecule has 0 saturated carbocycles. The second-order valence-corrected chi connectivity index (χ2v) is 6.19. The van der Waals surface area contributed by atoms with Crippen molar-refractivity contribution in [2.75, 3.05) is 0 Å². The molecule has 2 rings (SSSR count). The third-order valence-electron chi connectivity index (χ3n) is 4.04. The average Bonchev–Trinajstić information content (AvgIpc) is 2.59. The van der Waals surface area contributed by atoms with E-state index in [9.17, 15) is 13.6 Å². The van der Waals surface area contributed by atoms with E-state index in [1.54, 1.807) is 0 Å². The van der Waals surface area contributed by atoms with Crippen molar-refractivity contribution < 1.29 is 18.3 Å². The Morgan fingerprint density at radius 1 is 1.04 bits per heavy atom. The molecule has 0 aromatic heterocycles. The summed E-state index contributed by atoms with van der Waals surface area (Å²) in [5.41, 5.74) is 2.68. The molecule has 0 spiro atoms. The van der Waals surface area contributed by atoms with Crippen LogP contribution in [0.15, 0.2) is 48.5 Å².